The predicted octanol–water partition coefficient (Wildman–Crippen LogP) is 5.03. The number of carbonyl (C=O) groups excluding carboxylic acids is 1. The molecule has 0 saturated carbocycles. The van der Waals surface area contributed by atoms with Gasteiger partial charge in [-0.3, -0.25) is 4.79 Å². The molecule has 2 fully saturated rings. The Hall–Kier alpha value is -2.44. The zero-order valence-corrected chi connectivity index (χ0v) is 18.2. The van der Waals surface area contributed by atoms with Gasteiger partial charge in [-0.2, -0.15) is 0 Å². The van der Waals surface area contributed by atoms with E-state index in [9.17, 15) is 4.79 Å². The molecule has 0 aliphatic carbocycles. The summed E-state index contributed by atoms with van der Waals surface area (Å²) in [7, 11) is 0. The third kappa shape index (κ3) is 3.94. The number of aryl methyl sites for hydroxylation is 1. The summed E-state index contributed by atoms with van der Waals surface area (Å²) in [6, 6.07) is 15.8. The topological polar surface area (TPSA) is 54.5 Å². The number of ether oxygens (including phenoxy) is 1. The molecule has 3 atom stereocenters. The van der Waals surface area contributed by atoms with E-state index in [0.717, 1.165) is 48.2 Å². The van der Waals surface area contributed by atoms with Crippen molar-refractivity contribution in [3.8, 4) is 10.9 Å². The van der Waals surface area contributed by atoms with Crippen LogP contribution in [0.1, 0.15) is 43.7 Å². The molecule has 0 unspecified atom stereocenters. The number of hydrogen-bond acceptors (Lipinski definition) is 5. The summed E-state index contributed by atoms with van der Waals surface area (Å²) in [5.41, 5.74) is 3.45. The van der Waals surface area contributed by atoms with Crippen LogP contribution in [0.25, 0.3) is 10.2 Å². The van der Waals surface area contributed by atoms with E-state index in [4.69, 9.17) is 4.74 Å². The highest BCUT2D eigenvalue weighted by Gasteiger charge is 2.41. The molecule has 2 aromatic carbocycles. The van der Waals surface area contributed by atoms with Crippen molar-refractivity contribution >= 4 is 27.5 Å². The summed E-state index contributed by atoms with van der Waals surface area (Å²) < 4.78 is 7.12. The van der Waals surface area contributed by atoms with Crippen LogP contribution >= 0.6 is 11.3 Å². The normalized spacial score (nSPS) is 23.1. The fourth-order valence-electron chi connectivity index (χ4n) is 4.95. The number of thiazole rings is 1. The Morgan fingerprint density at radius 2 is 1.90 bits per heavy atom. The molecule has 1 amide bonds. The van der Waals surface area contributed by atoms with Crippen LogP contribution in [-0.4, -0.2) is 33.9 Å². The molecule has 2 aliphatic rings. The van der Waals surface area contributed by atoms with Crippen LogP contribution in [0.4, 0.5) is 0 Å². The Bertz CT molecular complexity index is 1050. The van der Waals surface area contributed by atoms with Crippen LogP contribution in [0.2, 0.25) is 0 Å². The van der Waals surface area contributed by atoms with Gasteiger partial charge >= 0.3 is 0 Å². The lowest BCUT2D eigenvalue weighted by molar-refractivity contribution is -0.133. The van der Waals surface area contributed by atoms with Crippen LogP contribution in [0, 0.1) is 6.92 Å². The molecule has 0 radical (unpaired) electrons. The number of carbonyl (C=O) groups is 1. The maximum absolute atomic E-state index is 11.9. The summed E-state index contributed by atoms with van der Waals surface area (Å²) in [4.78, 5) is 18.5. The van der Waals surface area contributed by atoms with E-state index < -0.39 is 0 Å². The second-order valence-electron chi connectivity index (χ2n) is 8.56. The number of hydrogen-bond donors (Lipinski definition) is 1. The second kappa shape index (κ2) is 8.00. The van der Waals surface area contributed by atoms with Crippen molar-refractivity contribution in [3.05, 3.63) is 53.6 Å². The lowest BCUT2D eigenvalue weighted by Gasteiger charge is -2.38. The Labute approximate surface area is 181 Å². The molecule has 3 aromatic rings. The number of nitrogens with one attached hydrogen (secondary N) is 1. The molecule has 2 aliphatic heterocycles. The average Bonchev–Trinajstić information content (AvgIpc) is 3.24. The first-order chi connectivity index (χ1) is 14.5. The van der Waals surface area contributed by atoms with Crippen LogP contribution in [-0.2, 0) is 11.3 Å². The molecule has 5 nitrogen and oxygen atoms in total. The molecule has 1 aromatic heterocycles. The molecule has 5 rings (SSSR count). The van der Waals surface area contributed by atoms with Gasteiger partial charge in [0.15, 0.2) is 0 Å². The van der Waals surface area contributed by atoms with Crippen LogP contribution in [0.3, 0.4) is 0 Å². The third-order valence-electron chi connectivity index (χ3n) is 6.34. The quantitative estimate of drug-likeness (QED) is 0.628. The zero-order chi connectivity index (χ0) is 20.7. The molecule has 1 N–H and O–H groups in total. The lowest BCUT2D eigenvalue weighted by atomic mass is 9.97. The maximum atomic E-state index is 11.9. The monoisotopic (exact) mass is 421 g/mol. The average molecular weight is 422 g/mol. The summed E-state index contributed by atoms with van der Waals surface area (Å²) in [5.74, 6) is 1.04. The second-order valence-corrected chi connectivity index (χ2v) is 9.55. The van der Waals surface area contributed by atoms with Gasteiger partial charge in [0.25, 0.3) is 5.19 Å². The first kappa shape index (κ1) is 19.5. The van der Waals surface area contributed by atoms with E-state index in [-0.39, 0.29) is 5.91 Å². The fraction of sp³-hybridized carbons (Fsp3) is 0.417. The van der Waals surface area contributed by atoms with E-state index in [2.05, 4.69) is 46.4 Å². The van der Waals surface area contributed by atoms with Crippen molar-refractivity contribution < 1.29 is 9.53 Å². The summed E-state index contributed by atoms with van der Waals surface area (Å²) in [5, 5.41) is 4.38. The molecular formula is C24H27N3O2S. The molecule has 6 heteroatoms. The van der Waals surface area contributed by atoms with Crippen LogP contribution < -0.4 is 10.1 Å². The van der Waals surface area contributed by atoms with Crippen molar-refractivity contribution in [2.75, 3.05) is 0 Å². The van der Waals surface area contributed by atoms with Crippen LogP contribution in [0.5, 0.6) is 10.9 Å². The van der Waals surface area contributed by atoms with Gasteiger partial charge in [0.2, 0.25) is 5.91 Å². The van der Waals surface area contributed by atoms with Gasteiger partial charge in [0.1, 0.15) is 5.75 Å². The minimum atomic E-state index is 0.236. The van der Waals surface area contributed by atoms with Gasteiger partial charge in [0, 0.05) is 31.6 Å². The highest BCUT2D eigenvalue weighted by Crippen LogP contribution is 2.36. The lowest BCUT2D eigenvalue weighted by Crippen LogP contribution is -2.50. The number of aromatic nitrogens is 1. The Morgan fingerprint density at radius 1 is 1.17 bits per heavy atom. The SMILES string of the molecule is CC(=O)N1[C@@H]2CC[C@H]1C[C@H](NCc1ccc(Oc3nc4ccc(C)cc4s3)cc1)C2. The number of piperidine rings is 1. The van der Waals surface area contributed by atoms with Gasteiger partial charge in [-0.15, -0.1) is 0 Å². The highest BCUT2D eigenvalue weighted by molar-refractivity contribution is 7.20. The minimum absolute atomic E-state index is 0.236. The van der Waals surface area contributed by atoms with Crippen molar-refractivity contribution in [2.24, 2.45) is 0 Å². The summed E-state index contributed by atoms with van der Waals surface area (Å²) in [6.45, 7) is 4.63. The molecule has 156 valence electrons. The van der Waals surface area contributed by atoms with Gasteiger partial charge in [-0.1, -0.05) is 29.5 Å². The number of amides is 1. The standard InChI is InChI=1S/C24H27N3O2S/c1-15-3-10-22-23(11-15)30-24(26-22)29-21-8-4-17(5-9-21)14-25-18-12-19-6-7-20(13-18)27(19)16(2)28/h3-5,8-11,18-20,25H,6-7,12-14H2,1-2H3/t18-,19-,20+. The van der Waals surface area contributed by atoms with Gasteiger partial charge < -0.3 is 15.0 Å². The van der Waals surface area contributed by atoms with E-state index in [1.54, 1.807) is 18.3 Å². The largest absolute Gasteiger partial charge is 0.431 e. The maximum Gasteiger partial charge on any atom is 0.279 e. The molecule has 2 bridgehead atoms. The first-order valence-corrected chi connectivity index (χ1v) is 11.5. The number of rotatable bonds is 5. The third-order valence-corrected chi connectivity index (χ3v) is 7.24. The van der Waals surface area contributed by atoms with E-state index in [1.807, 2.05) is 18.2 Å². The number of benzene rings is 2. The van der Waals surface area contributed by atoms with Crippen molar-refractivity contribution in [1.29, 1.82) is 0 Å². The summed E-state index contributed by atoms with van der Waals surface area (Å²) in [6.07, 6.45) is 4.43. The highest BCUT2D eigenvalue weighted by atomic mass is 32.1. The smallest absolute Gasteiger partial charge is 0.279 e. The van der Waals surface area contributed by atoms with E-state index in [1.165, 1.54) is 11.1 Å². The van der Waals surface area contributed by atoms with E-state index in [0.29, 0.717) is 23.3 Å². The van der Waals surface area contributed by atoms with Crippen molar-refractivity contribution in [1.82, 2.24) is 15.2 Å². The van der Waals surface area contributed by atoms with Gasteiger partial charge in [0.05, 0.1) is 10.2 Å². The van der Waals surface area contributed by atoms with E-state index >= 15 is 0 Å². The molecular weight excluding hydrogens is 394 g/mol. The Balaban J connectivity index is 1.17. The van der Waals surface area contributed by atoms with Crippen molar-refractivity contribution in [2.45, 2.75) is 64.2 Å². The molecule has 3 heterocycles. The van der Waals surface area contributed by atoms with Gasteiger partial charge in [-0.25, -0.2) is 4.98 Å². The molecule has 2 saturated heterocycles. The number of nitrogens with zero attached hydrogens (tertiary/aromatic N) is 2. The van der Waals surface area contributed by atoms with Gasteiger partial charge in [-0.05, 0) is 68.0 Å². The Morgan fingerprint density at radius 3 is 2.60 bits per heavy atom. The minimum Gasteiger partial charge on any atom is -0.431 e. The van der Waals surface area contributed by atoms with Crippen LogP contribution in [0.15, 0.2) is 42.5 Å². The first-order valence-electron chi connectivity index (χ1n) is 10.7. The zero-order valence-electron chi connectivity index (χ0n) is 17.4. The van der Waals surface area contributed by atoms with Crippen molar-refractivity contribution in [3.63, 3.8) is 0 Å². The molecule has 0 spiro atoms. The molecule has 30 heavy (non-hydrogen) atoms. The number of fused-ring (bicyclic) bond motifs is 3. The Kier molecular flexibility index (Phi) is 5.21. The fourth-order valence-corrected chi connectivity index (χ4v) is 5.88. The predicted molar refractivity (Wildman–Crippen MR) is 120 cm³/mol. The summed E-state index contributed by atoms with van der Waals surface area (Å²) >= 11 is 1.57.